The summed E-state index contributed by atoms with van der Waals surface area (Å²) >= 11 is 0. The van der Waals surface area contributed by atoms with E-state index in [1.165, 1.54) is 0 Å². The Morgan fingerprint density at radius 3 is 2.60 bits per heavy atom. The van der Waals surface area contributed by atoms with E-state index in [9.17, 15) is 9.18 Å². The predicted octanol–water partition coefficient (Wildman–Crippen LogP) is 2.56. The summed E-state index contributed by atoms with van der Waals surface area (Å²) < 4.78 is 11.7. The fraction of sp³-hybridized carbons (Fsp3) is 0.364. The number of hydrogen-bond acceptors (Lipinski definition) is 1. The number of alkyl halides is 1. The van der Waals surface area contributed by atoms with Crippen molar-refractivity contribution in [3.63, 3.8) is 0 Å². The van der Waals surface area contributed by atoms with Crippen molar-refractivity contribution in [3.05, 3.63) is 30.3 Å². The Morgan fingerprint density at radius 2 is 1.93 bits per heavy atom. The van der Waals surface area contributed by atoms with Gasteiger partial charge in [-0.3, -0.25) is 4.39 Å². The van der Waals surface area contributed by atoms with Gasteiger partial charge in [-0.15, -0.1) is 0 Å². The van der Waals surface area contributed by atoms with Gasteiger partial charge in [0.2, 0.25) is 0 Å². The van der Waals surface area contributed by atoms with Crippen molar-refractivity contribution in [2.45, 2.75) is 12.8 Å². The Morgan fingerprint density at radius 1 is 1.20 bits per heavy atom. The second-order valence-electron chi connectivity index (χ2n) is 3.14. The smallest absolute Gasteiger partial charge is 0.319 e. The lowest BCUT2D eigenvalue weighted by Gasteiger charge is -2.06. The Balaban J connectivity index is 2.19. The lowest BCUT2D eigenvalue weighted by molar-refractivity contribution is 0.251. The quantitative estimate of drug-likeness (QED) is 0.720. The predicted molar refractivity (Wildman–Crippen MR) is 58.7 cm³/mol. The number of carbonyl (C=O) groups is 1. The van der Waals surface area contributed by atoms with Gasteiger partial charge in [0.25, 0.3) is 0 Å². The van der Waals surface area contributed by atoms with Crippen LogP contribution in [0.3, 0.4) is 0 Å². The van der Waals surface area contributed by atoms with Gasteiger partial charge in [-0.05, 0) is 25.0 Å². The normalized spacial score (nSPS) is 9.67. The van der Waals surface area contributed by atoms with Crippen LogP contribution >= 0.6 is 0 Å². The van der Waals surface area contributed by atoms with E-state index in [1.807, 2.05) is 18.2 Å². The molecular formula is C11H15FN2O. The summed E-state index contributed by atoms with van der Waals surface area (Å²) in [6.07, 6.45) is 1.16. The highest BCUT2D eigenvalue weighted by Gasteiger charge is 1.99. The molecule has 4 heteroatoms. The molecule has 0 fully saturated rings. The van der Waals surface area contributed by atoms with Crippen molar-refractivity contribution >= 4 is 11.7 Å². The second-order valence-corrected chi connectivity index (χ2v) is 3.14. The molecule has 0 heterocycles. The fourth-order valence-corrected chi connectivity index (χ4v) is 1.12. The molecule has 0 aliphatic heterocycles. The van der Waals surface area contributed by atoms with E-state index in [4.69, 9.17) is 0 Å². The fourth-order valence-electron chi connectivity index (χ4n) is 1.12. The molecule has 2 amide bonds. The molecule has 1 aromatic rings. The molecule has 3 nitrogen and oxygen atoms in total. The highest BCUT2D eigenvalue weighted by molar-refractivity contribution is 5.89. The van der Waals surface area contributed by atoms with E-state index in [2.05, 4.69) is 10.6 Å². The van der Waals surface area contributed by atoms with Crippen LogP contribution < -0.4 is 10.6 Å². The van der Waals surface area contributed by atoms with Crippen LogP contribution in [0.15, 0.2) is 30.3 Å². The van der Waals surface area contributed by atoms with Crippen LogP contribution in [-0.4, -0.2) is 19.3 Å². The lowest BCUT2D eigenvalue weighted by atomic mass is 10.3. The maximum Gasteiger partial charge on any atom is 0.319 e. The number of benzene rings is 1. The third-order valence-corrected chi connectivity index (χ3v) is 1.88. The number of unbranched alkanes of at least 4 members (excludes halogenated alkanes) is 1. The van der Waals surface area contributed by atoms with Crippen molar-refractivity contribution in [3.8, 4) is 0 Å². The minimum atomic E-state index is -0.331. The second kappa shape index (κ2) is 6.81. The first-order chi connectivity index (χ1) is 7.33. The number of anilines is 1. The molecule has 0 spiro atoms. The molecule has 15 heavy (non-hydrogen) atoms. The topological polar surface area (TPSA) is 41.1 Å². The highest BCUT2D eigenvalue weighted by Crippen LogP contribution is 2.03. The zero-order chi connectivity index (χ0) is 10.9. The molecule has 0 aliphatic rings. The largest absolute Gasteiger partial charge is 0.338 e. The zero-order valence-corrected chi connectivity index (χ0v) is 8.50. The molecule has 0 aromatic heterocycles. The van der Waals surface area contributed by atoms with Crippen LogP contribution in [0, 0.1) is 0 Å². The van der Waals surface area contributed by atoms with E-state index >= 15 is 0 Å². The van der Waals surface area contributed by atoms with E-state index in [-0.39, 0.29) is 12.7 Å². The SMILES string of the molecule is O=C(NCCCCF)Nc1ccccc1. The molecule has 1 aromatic carbocycles. The number of amides is 2. The zero-order valence-electron chi connectivity index (χ0n) is 8.50. The minimum Gasteiger partial charge on any atom is -0.338 e. The highest BCUT2D eigenvalue weighted by atomic mass is 19.1. The number of urea groups is 1. The Kier molecular flexibility index (Phi) is 5.22. The third-order valence-electron chi connectivity index (χ3n) is 1.88. The van der Waals surface area contributed by atoms with Gasteiger partial charge >= 0.3 is 6.03 Å². The summed E-state index contributed by atoms with van der Waals surface area (Å²) in [6.45, 7) is 0.171. The number of para-hydroxylation sites is 1. The molecule has 1 rings (SSSR count). The molecule has 82 valence electrons. The van der Waals surface area contributed by atoms with Crippen LogP contribution in [0.2, 0.25) is 0 Å². The molecule has 0 aliphatic carbocycles. The first kappa shape index (κ1) is 11.5. The minimum absolute atomic E-state index is 0.250. The summed E-state index contributed by atoms with van der Waals surface area (Å²) in [7, 11) is 0. The molecular weight excluding hydrogens is 195 g/mol. The summed E-state index contributed by atoms with van der Waals surface area (Å²) in [6, 6.07) is 8.93. The summed E-state index contributed by atoms with van der Waals surface area (Å²) in [5.41, 5.74) is 0.750. The van der Waals surface area contributed by atoms with Crippen molar-refractivity contribution in [1.82, 2.24) is 5.32 Å². The van der Waals surface area contributed by atoms with Gasteiger partial charge in [0, 0.05) is 12.2 Å². The van der Waals surface area contributed by atoms with Crippen LogP contribution in [0.4, 0.5) is 14.9 Å². The molecule has 2 N–H and O–H groups in total. The Bertz CT molecular complexity index is 290. The van der Waals surface area contributed by atoms with Crippen LogP contribution in [0.1, 0.15) is 12.8 Å². The van der Waals surface area contributed by atoms with Crippen LogP contribution in [-0.2, 0) is 0 Å². The van der Waals surface area contributed by atoms with Gasteiger partial charge in [-0.2, -0.15) is 0 Å². The number of rotatable bonds is 5. The molecule has 0 saturated carbocycles. The first-order valence-corrected chi connectivity index (χ1v) is 4.99. The average Bonchev–Trinajstić information content (AvgIpc) is 2.26. The van der Waals surface area contributed by atoms with Crippen LogP contribution in [0.5, 0.6) is 0 Å². The number of halogens is 1. The maximum atomic E-state index is 11.7. The summed E-state index contributed by atoms with van der Waals surface area (Å²) in [5.74, 6) is 0. The van der Waals surface area contributed by atoms with E-state index < -0.39 is 0 Å². The van der Waals surface area contributed by atoms with E-state index in [0.29, 0.717) is 19.4 Å². The maximum absolute atomic E-state index is 11.7. The van der Waals surface area contributed by atoms with Gasteiger partial charge in [0.1, 0.15) is 0 Å². The molecule has 0 radical (unpaired) electrons. The van der Waals surface area contributed by atoms with Gasteiger partial charge in [0.05, 0.1) is 6.67 Å². The van der Waals surface area contributed by atoms with Crippen molar-refractivity contribution in [2.24, 2.45) is 0 Å². The number of carbonyl (C=O) groups excluding carboxylic acids is 1. The van der Waals surface area contributed by atoms with Gasteiger partial charge in [0.15, 0.2) is 0 Å². The summed E-state index contributed by atoms with van der Waals surface area (Å²) in [4.78, 5) is 11.3. The average molecular weight is 210 g/mol. The van der Waals surface area contributed by atoms with Gasteiger partial charge in [-0.1, -0.05) is 18.2 Å². The van der Waals surface area contributed by atoms with Gasteiger partial charge < -0.3 is 10.6 Å². The first-order valence-electron chi connectivity index (χ1n) is 4.99. The van der Waals surface area contributed by atoms with Crippen LogP contribution in [0.25, 0.3) is 0 Å². The van der Waals surface area contributed by atoms with E-state index in [0.717, 1.165) is 5.69 Å². The van der Waals surface area contributed by atoms with Crippen molar-refractivity contribution < 1.29 is 9.18 Å². The molecule has 0 atom stereocenters. The monoisotopic (exact) mass is 210 g/mol. The standard InChI is InChI=1S/C11H15FN2O/c12-8-4-5-9-13-11(15)14-10-6-2-1-3-7-10/h1-3,6-7H,4-5,8-9H2,(H2,13,14,15). The Hall–Kier alpha value is -1.58. The summed E-state index contributed by atoms with van der Waals surface area (Å²) in [5, 5.41) is 5.32. The van der Waals surface area contributed by atoms with Gasteiger partial charge in [-0.25, -0.2) is 4.79 Å². The molecule has 0 saturated heterocycles. The third kappa shape index (κ3) is 5.00. The van der Waals surface area contributed by atoms with Crippen molar-refractivity contribution in [1.29, 1.82) is 0 Å². The number of nitrogens with one attached hydrogen (secondary N) is 2. The number of hydrogen-bond donors (Lipinski definition) is 2. The molecule has 0 bridgehead atoms. The molecule has 0 unspecified atom stereocenters. The lowest BCUT2D eigenvalue weighted by Crippen LogP contribution is -2.29. The van der Waals surface area contributed by atoms with Crippen molar-refractivity contribution in [2.75, 3.05) is 18.5 Å². The Labute approximate surface area is 88.7 Å². The van der Waals surface area contributed by atoms with E-state index in [1.54, 1.807) is 12.1 Å².